The van der Waals surface area contributed by atoms with Gasteiger partial charge in [0.25, 0.3) is 0 Å². The minimum atomic E-state index is -3.12. The monoisotopic (exact) mass is 107 g/mol. The van der Waals surface area contributed by atoms with Crippen molar-refractivity contribution in [1.82, 2.24) is 0 Å². The second-order valence-corrected chi connectivity index (χ2v) is 2.84. The lowest BCUT2D eigenvalue weighted by molar-refractivity contribution is 0.613. The quantitative estimate of drug-likeness (QED) is 0.367. The number of nitrogens with one attached hydrogen (secondary N) is 1. The molecule has 3 nitrogen and oxygen atoms in total. The van der Waals surface area contributed by atoms with Crippen molar-refractivity contribution in [2.24, 2.45) is 0 Å². The number of hydrogen-bond acceptors (Lipinski definition) is 3. The lowest BCUT2D eigenvalue weighted by Gasteiger charge is -1.72. The van der Waals surface area contributed by atoms with E-state index in [9.17, 15) is 8.42 Å². The highest BCUT2D eigenvalue weighted by Crippen LogP contribution is 1.66. The third-order valence-corrected chi connectivity index (χ3v) is 0.642. The molecule has 0 radical (unpaired) electrons. The van der Waals surface area contributed by atoms with Crippen LogP contribution in [-0.4, -0.2) is 20.2 Å². The van der Waals surface area contributed by atoms with Crippen molar-refractivity contribution in [1.29, 1.82) is 5.41 Å². The van der Waals surface area contributed by atoms with Gasteiger partial charge in [0, 0.05) is 6.26 Å². The van der Waals surface area contributed by atoms with Crippen molar-refractivity contribution >= 4 is 15.4 Å². The van der Waals surface area contributed by atoms with Gasteiger partial charge in [-0.05, 0) is 0 Å². The summed E-state index contributed by atoms with van der Waals surface area (Å²) in [4.78, 5) is 0. The van der Waals surface area contributed by atoms with Gasteiger partial charge in [0.15, 0.2) is 9.84 Å². The van der Waals surface area contributed by atoms with Crippen molar-refractivity contribution in [2.45, 2.75) is 0 Å². The molecule has 0 aliphatic heterocycles. The second-order valence-electron chi connectivity index (χ2n) is 0.947. The lowest BCUT2D eigenvalue weighted by atomic mass is 11.7. The molecule has 0 amide bonds. The van der Waals surface area contributed by atoms with Crippen molar-refractivity contribution in [3.63, 3.8) is 0 Å². The Bertz CT molecular complexity index is 122. The Morgan fingerprint density at radius 3 is 1.83 bits per heavy atom. The van der Waals surface area contributed by atoms with Gasteiger partial charge in [-0.25, -0.2) is 8.42 Å². The van der Waals surface area contributed by atoms with Crippen LogP contribution in [-0.2, 0) is 9.84 Å². The molecule has 0 bridgehead atoms. The Labute approximate surface area is 36.4 Å². The topological polar surface area (TPSA) is 58.0 Å². The van der Waals surface area contributed by atoms with E-state index in [1.165, 1.54) is 0 Å². The molecule has 0 saturated heterocycles. The molecule has 0 aromatic heterocycles. The Morgan fingerprint density at radius 1 is 1.67 bits per heavy atom. The summed E-state index contributed by atoms with van der Waals surface area (Å²) in [5.41, 5.74) is 0.410. The average molecular weight is 107 g/mol. The van der Waals surface area contributed by atoms with Gasteiger partial charge in [-0.3, -0.25) is 5.41 Å². The predicted octanol–water partition coefficient (Wildman–Crippen LogP) is -0.362. The summed E-state index contributed by atoms with van der Waals surface area (Å²) in [6.07, 6.45) is 0.972. The molecule has 0 rings (SSSR count). The fraction of sp³-hybridized carbons (Fsp3) is 0.500. The highest BCUT2D eigenvalue weighted by Gasteiger charge is 1.87. The maximum absolute atomic E-state index is 9.76. The molecule has 0 atom stereocenters. The molecule has 0 aliphatic carbocycles. The van der Waals surface area contributed by atoms with Crippen molar-refractivity contribution in [2.75, 3.05) is 6.26 Å². The minimum absolute atomic E-state index is 0.410. The molecule has 0 heterocycles. The molecule has 0 saturated carbocycles. The molecule has 6 heavy (non-hydrogen) atoms. The van der Waals surface area contributed by atoms with Crippen LogP contribution in [0.2, 0.25) is 0 Å². The molecule has 0 fully saturated rings. The summed E-state index contributed by atoms with van der Waals surface area (Å²) in [6.45, 7) is 0. The first-order valence-corrected chi connectivity index (χ1v) is 3.22. The summed E-state index contributed by atoms with van der Waals surface area (Å²) in [5.74, 6) is 0. The third-order valence-electron chi connectivity index (χ3n) is 0.214. The largest absolute Gasteiger partial charge is 0.297 e. The van der Waals surface area contributed by atoms with E-state index in [2.05, 4.69) is 0 Å². The van der Waals surface area contributed by atoms with E-state index in [4.69, 9.17) is 5.41 Å². The minimum Gasteiger partial charge on any atom is -0.297 e. The van der Waals surface area contributed by atoms with Crippen molar-refractivity contribution in [3.05, 3.63) is 0 Å². The first kappa shape index (κ1) is 5.62. The zero-order valence-corrected chi connectivity index (χ0v) is 4.12. The normalized spacial score (nSPS) is 10.8. The Kier molecular flexibility index (Phi) is 1.29. The molecule has 0 aliphatic rings. The van der Waals surface area contributed by atoms with Crippen LogP contribution in [0.3, 0.4) is 0 Å². The fourth-order valence-corrected chi connectivity index (χ4v) is 0. The second kappa shape index (κ2) is 1.38. The molecule has 0 spiro atoms. The van der Waals surface area contributed by atoms with Crippen LogP contribution in [0.25, 0.3) is 0 Å². The highest BCUT2D eigenvalue weighted by molar-refractivity contribution is 8.03. The molecule has 0 unspecified atom stereocenters. The highest BCUT2D eigenvalue weighted by atomic mass is 32.2. The van der Waals surface area contributed by atoms with Gasteiger partial charge in [-0.1, -0.05) is 0 Å². The number of hydrogen-bond donors (Lipinski definition) is 1. The summed E-state index contributed by atoms with van der Waals surface area (Å²) in [7, 11) is -3.12. The van der Waals surface area contributed by atoms with E-state index in [0.717, 1.165) is 6.26 Å². The predicted molar refractivity (Wildman–Crippen MR) is 23.6 cm³/mol. The van der Waals surface area contributed by atoms with Crippen LogP contribution >= 0.6 is 0 Å². The zero-order valence-electron chi connectivity index (χ0n) is 3.30. The van der Waals surface area contributed by atoms with Crippen LogP contribution in [0.5, 0.6) is 0 Å². The van der Waals surface area contributed by atoms with Crippen molar-refractivity contribution in [3.8, 4) is 0 Å². The van der Waals surface area contributed by atoms with Gasteiger partial charge in [0.05, 0.1) is 0 Å². The van der Waals surface area contributed by atoms with Crippen LogP contribution in [0.15, 0.2) is 0 Å². The fourth-order valence-electron chi connectivity index (χ4n) is 0. The molecule has 1 N–H and O–H groups in total. The number of rotatable bonds is 1. The molecule has 0 aromatic rings. The molecule has 4 heteroatoms. The summed E-state index contributed by atoms with van der Waals surface area (Å²) in [5, 5.41) is 6.14. The maximum atomic E-state index is 9.76. The van der Waals surface area contributed by atoms with E-state index in [1.54, 1.807) is 0 Å². The lowest BCUT2D eigenvalue weighted by Crippen LogP contribution is -1.92. The maximum Gasteiger partial charge on any atom is 0.185 e. The van der Waals surface area contributed by atoms with Gasteiger partial charge in [-0.15, -0.1) is 0 Å². The van der Waals surface area contributed by atoms with Crippen LogP contribution in [0, 0.1) is 5.41 Å². The SMILES string of the molecule is CS(=O)(=O)C=N. The smallest absolute Gasteiger partial charge is 0.185 e. The Balaban J connectivity index is 4.25. The van der Waals surface area contributed by atoms with E-state index in [1.807, 2.05) is 0 Å². The summed E-state index contributed by atoms with van der Waals surface area (Å²) < 4.78 is 19.5. The van der Waals surface area contributed by atoms with E-state index < -0.39 is 9.84 Å². The third kappa shape index (κ3) is 3.62. The first-order valence-electron chi connectivity index (χ1n) is 1.27. The van der Waals surface area contributed by atoms with Crippen LogP contribution in [0.4, 0.5) is 0 Å². The zero-order chi connectivity index (χ0) is 5.21. The van der Waals surface area contributed by atoms with Gasteiger partial charge in [-0.2, -0.15) is 0 Å². The van der Waals surface area contributed by atoms with Gasteiger partial charge in [0.1, 0.15) is 5.55 Å². The van der Waals surface area contributed by atoms with Crippen LogP contribution < -0.4 is 0 Å². The van der Waals surface area contributed by atoms with E-state index >= 15 is 0 Å². The Hall–Kier alpha value is -0.380. The van der Waals surface area contributed by atoms with Crippen molar-refractivity contribution < 1.29 is 8.42 Å². The molecular formula is C2H5NO2S. The van der Waals surface area contributed by atoms with Gasteiger partial charge in [0.2, 0.25) is 0 Å². The standard InChI is InChI=1S/C2H5NO2S/c1-6(4,5)2-3/h2-3H,1H3. The van der Waals surface area contributed by atoms with E-state index in [0.29, 0.717) is 5.55 Å². The summed E-state index contributed by atoms with van der Waals surface area (Å²) >= 11 is 0. The van der Waals surface area contributed by atoms with E-state index in [-0.39, 0.29) is 0 Å². The summed E-state index contributed by atoms with van der Waals surface area (Å²) in [6, 6.07) is 0. The molecule has 0 aromatic carbocycles. The molecule has 36 valence electrons. The number of sulfone groups is 1. The van der Waals surface area contributed by atoms with Crippen LogP contribution in [0.1, 0.15) is 0 Å². The van der Waals surface area contributed by atoms with Gasteiger partial charge < -0.3 is 0 Å². The first-order chi connectivity index (χ1) is 2.56. The Morgan fingerprint density at radius 2 is 1.83 bits per heavy atom. The molecular weight excluding hydrogens is 102 g/mol. The van der Waals surface area contributed by atoms with Gasteiger partial charge >= 0.3 is 0 Å². The average Bonchev–Trinajstić information content (AvgIpc) is 1.35.